The second-order valence-electron chi connectivity index (χ2n) is 8.55. The van der Waals surface area contributed by atoms with E-state index < -0.39 is 5.97 Å². The first-order valence-electron chi connectivity index (χ1n) is 12.3. The van der Waals surface area contributed by atoms with E-state index in [-0.39, 0.29) is 12.5 Å². The molecule has 2 aromatic carbocycles. The third-order valence-electron chi connectivity index (χ3n) is 5.87. The van der Waals surface area contributed by atoms with Crippen LogP contribution in [0.25, 0.3) is 16.9 Å². The van der Waals surface area contributed by atoms with E-state index in [9.17, 15) is 9.59 Å². The van der Waals surface area contributed by atoms with E-state index >= 15 is 0 Å². The molecule has 0 aliphatic carbocycles. The average Bonchev–Trinajstić information content (AvgIpc) is 3.27. The van der Waals surface area contributed by atoms with Crippen LogP contribution in [-0.2, 0) is 16.0 Å². The van der Waals surface area contributed by atoms with Crippen LogP contribution >= 0.6 is 0 Å². The molecule has 4 rings (SSSR count). The van der Waals surface area contributed by atoms with Gasteiger partial charge in [0, 0.05) is 11.3 Å². The minimum Gasteiger partial charge on any atom is -0.465 e. The number of imidazole rings is 1. The monoisotopic (exact) mass is 485 g/mol. The molecule has 36 heavy (non-hydrogen) atoms. The lowest BCUT2D eigenvalue weighted by Gasteiger charge is -2.11. The standard InChI is InChI=1S/C29H31N3O4/c1-4-6-10-21-14-16-22(17-15-21)29(34)36-24-12-8-11-23(18-24)27-28(30-19-26(33)35-5-2)32-20(3)9-7-13-25(32)31-27/h7-9,11-18,30H,4-6,10,19H2,1-3H3. The van der Waals surface area contributed by atoms with Gasteiger partial charge in [-0.05, 0) is 68.7 Å². The van der Waals surface area contributed by atoms with E-state index in [4.69, 9.17) is 14.5 Å². The van der Waals surface area contributed by atoms with Gasteiger partial charge in [0.05, 0.1) is 12.2 Å². The van der Waals surface area contributed by atoms with Crippen molar-refractivity contribution in [1.82, 2.24) is 9.38 Å². The summed E-state index contributed by atoms with van der Waals surface area (Å²) in [4.78, 5) is 29.6. The molecule has 0 saturated heterocycles. The number of benzene rings is 2. The van der Waals surface area contributed by atoms with Crippen LogP contribution in [0.15, 0.2) is 66.7 Å². The molecule has 0 fully saturated rings. The second-order valence-corrected chi connectivity index (χ2v) is 8.55. The molecule has 4 aromatic rings. The van der Waals surface area contributed by atoms with E-state index in [0.29, 0.717) is 29.4 Å². The summed E-state index contributed by atoms with van der Waals surface area (Å²) < 4.78 is 12.7. The summed E-state index contributed by atoms with van der Waals surface area (Å²) >= 11 is 0. The summed E-state index contributed by atoms with van der Waals surface area (Å²) in [6, 6.07) is 20.6. The van der Waals surface area contributed by atoms with Crippen molar-refractivity contribution in [3.05, 3.63) is 83.6 Å². The molecule has 1 N–H and O–H groups in total. The lowest BCUT2D eigenvalue weighted by molar-refractivity contribution is -0.140. The molecule has 0 atom stereocenters. The van der Waals surface area contributed by atoms with Crippen molar-refractivity contribution in [3.63, 3.8) is 0 Å². The highest BCUT2D eigenvalue weighted by Crippen LogP contribution is 2.32. The normalized spacial score (nSPS) is 10.9. The molecule has 7 nitrogen and oxygen atoms in total. The number of ether oxygens (including phenoxy) is 2. The van der Waals surface area contributed by atoms with Crippen LogP contribution in [0.1, 0.15) is 48.3 Å². The number of carbonyl (C=O) groups is 2. The van der Waals surface area contributed by atoms with Crippen LogP contribution in [-0.4, -0.2) is 34.5 Å². The molecule has 0 aliphatic heterocycles. The number of nitrogens with one attached hydrogen (secondary N) is 1. The Morgan fingerprint density at radius 3 is 2.53 bits per heavy atom. The second kappa shape index (κ2) is 11.5. The van der Waals surface area contributed by atoms with Gasteiger partial charge in [0.15, 0.2) is 0 Å². The molecule has 0 radical (unpaired) electrons. The van der Waals surface area contributed by atoms with E-state index in [1.165, 1.54) is 5.56 Å². The van der Waals surface area contributed by atoms with Crippen LogP contribution in [0.5, 0.6) is 5.75 Å². The van der Waals surface area contributed by atoms with Gasteiger partial charge in [-0.15, -0.1) is 0 Å². The smallest absolute Gasteiger partial charge is 0.343 e. The zero-order valence-corrected chi connectivity index (χ0v) is 20.9. The topological polar surface area (TPSA) is 81.9 Å². The van der Waals surface area contributed by atoms with Crippen molar-refractivity contribution in [1.29, 1.82) is 0 Å². The maximum Gasteiger partial charge on any atom is 0.343 e. The van der Waals surface area contributed by atoms with E-state index in [0.717, 1.165) is 36.2 Å². The SMILES string of the molecule is CCCCc1ccc(C(=O)Oc2cccc(-c3nc4cccc(C)n4c3NCC(=O)OCC)c2)cc1. The summed E-state index contributed by atoms with van der Waals surface area (Å²) in [7, 11) is 0. The minimum atomic E-state index is -0.416. The lowest BCUT2D eigenvalue weighted by Crippen LogP contribution is -2.18. The molecule has 0 unspecified atom stereocenters. The lowest BCUT2D eigenvalue weighted by atomic mass is 10.1. The van der Waals surface area contributed by atoms with Gasteiger partial charge in [-0.1, -0.05) is 43.7 Å². The summed E-state index contributed by atoms with van der Waals surface area (Å²) in [6.45, 7) is 6.22. The van der Waals surface area contributed by atoms with Gasteiger partial charge in [-0.2, -0.15) is 0 Å². The highest BCUT2D eigenvalue weighted by atomic mass is 16.5. The molecule has 0 aliphatic rings. The number of unbranched alkanes of at least 4 members (excludes halogenated alkanes) is 1. The molecule has 0 bridgehead atoms. The molecule has 2 aromatic heterocycles. The zero-order chi connectivity index (χ0) is 25.5. The summed E-state index contributed by atoms with van der Waals surface area (Å²) in [5.41, 5.74) is 4.81. The number of carbonyl (C=O) groups excluding carboxylic acids is 2. The van der Waals surface area contributed by atoms with Gasteiger partial charge in [-0.3, -0.25) is 9.20 Å². The number of rotatable bonds is 10. The highest BCUT2D eigenvalue weighted by molar-refractivity contribution is 5.91. The summed E-state index contributed by atoms with van der Waals surface area (Å²) in [6.07, 6.45) is 3.25. The van der Waals surface area contributed by atoms with Crippen molar-refractivity contribution in [2.75, 3.05) is 18.5 Å². The van der Waals surface area contributed by atoms with Crippen molar-refractivity contribution in [3.8, 4) is 17.0 Å². The van der Waals surface area contributed by atoms with Crippen molar-refractivity contribution in [2.45, 2.75) is 40.0 Å². The van der Waals surface area contributed by atoms with Crippen LogP contribution in [0.3, 0.4) is 0 Å². The molecule has 2 heterocycles. The fourth-order valence-corrected chi connectivity index (χ4v) is 4.05. The first kappa shape index (κ1) is 25.0. The fraction of sp³-hybridized carbons (Fsp3) is 0.276. The molecule has 0 saturated carbocycles. The quantitative estimate of drug-likeness (QED) is 0.224. The Bertz CT molecular complexity index is 1360. The predicted molar refractivity (Wildman–Crippen MR) is 141 cm³/mol. The highest BCUT2D eigenvalue weighted by Gasteiger charge is 2.18. The third kappa shape index (κ3) is 5.74. The number of anilines is 1. The van der Waals surface area contributed by atoms with Gasteiger partial charge < -0.3 is 14.8 Å². The summed E-state index contributed by atoms with van der Waals surface area (Å²) in [5.74, 6) is 0.316. The van der Waals surface area contributed by atoms with Crippen LogP contribution in [0.2, 0.25) is 0 Å². The molecule has 0 amide bonds. The van der Waals surface area contributed by atoms with Crippen LogP contribution < -0.4 is 10.1 Å². The number of fused-ring (bicyclic) bond motifs is 1. The Morgan fingerprint density at radius 2 is 1.78 bits per heavy atom. The molecular weight excluding hydrogens is 454 g/mol. The van der Waals surface area contributed by atoms with Gasteiger partial charge in [0.2, 0.25) is 0 Å². The number of esters is 2. The Hall–Kier alpha value is -4.13. The first-order chi connectivity index (χ1) is 17.5. The molecule has 186 valence electrons. The third-order valence-corrected chi connectivity index (χ3v) is 5.87. The summed E-state index contributed by atoms with van der Waals surface area (Å²) in [5, 5.41) is 3.18. The molecule has 0 spiro atoms. The van der Waals surface area contributed by atoms with Crippen LogP contribution in [0.4, 0.5) is 5.82 Å². The first-order valence-corrected chi connectivity index (χ1v) is 12.3. The average molecular weight is 486 g/mol. The van der Waals surface area contributed by atoms with E-state index in [1.807, 2.05) is 53.8 Å². The van der Waals surface area contributed by atoms with Crippen molar-refractivity contribution < 1.29 is 19.1 Å². The predicted octanol–water partition coefficient (Wildman–Crippen LogP) is 5.85. The van der Waals surface area contributed by atoms with E-state index in [2.05, 4.69) is 12.2 Å². The number of pyridine rings is 1. The van der Waals surface area contributed by atoms with Crippen LogP contribution in [0, 0.1) is 6.92 Å². The number of aryl methyl sites for hydroxylation is 2. The van der Waals surface area contributed by atoms with E-state index in [1.54, 1.807) is 31.2 Å². The van der Waals surface area contributed by atoms with Crippen molar-refractivity contribution >= 4 is 23.4 Å². The minimum absolute atomic E-state index is 0.00585. The number of hydrogen-bond donors (Lipinski definition) is 1. The largest absolute Gasteiger partial charge is 0.465 e. The zero-order valence-electron chi connectivity index (χ0n) is 20.9. The molecule has 7 heteroatoms. The van der Waals surface area contributed by atoms with Gasteiger partial charge in [0.25, 0.3) is 0 Å². The Labute approximate surface area is 211 Å². The number of hydrogen-bond acceptors (Lipinski definition) is 6. The Morgan fingerprint density at radius 1 is 1.00 bits per heavy atom. The van der Waals surface area contributed by atoms with Crippen molar-refractivity contribution in [2.24, 2.45) is 0 Å². The molecular formula is C29H31N3O4. The number of nitrogens with zero attached hydrogens (tertiary/aromatic N) is 2. The maximum absolute atomic E-state index is 12.8. The maximum atomic E-state index is 12.8. The Balaban J connectivity index is 1.60. The van der Waals surface area contributed by atoms with Gasteiger partial charge in [0.1, 0.15) is 29.5 Å². The van der Waals surface area contributed by atoms with Gasteiger partial charge in [-0.25, -0.2) is 9.78 Å². The number of aromatic nitrogens is 2. The fourth-order valence-electron chi connectivity index (χ4n) is 4.05. The van der Waals surface area contributed by atoms with Gasteiger partial charge >= 0.3 is 11.9 Å². The Kier molecular flexibility index (Phi) is 8.00.